The summed E-state index contributed by atoms with van der Waals surface area (Å²) in [5.41, 5.74) is 3.84. The first-order valence-corrected chi connectivity index (χ1v) is 6.30. The van der Waals surface area contributed by atoms with Crippen LogP contribution in [0.3, 0.4) is 0 Å². The molecule has 0 bridgehead atoms. The standard InChI is InChI=1S/C15H19N3/c1-4-16-14-5-6-17-15(18-14)10-13-8-11(2)7-12(3)9-13/h5-9H,4,10H2,1-3H3,(H,16,17,18). The second-order valence-electron chi connectivity index (χ2n) is 4.56. The van der Waals surface area contributed by atoms with Crippen molar-refractivity contribution in [3.8, 4) is 0 Å². The summed E-state index contributed by atoms with van der Waals surface area (Å²) in [7, 11) is 0. The van der Waals surface area contributed by atoms with E-state index < -0.39 is 0 Å². The molecule has 0 aliphatic heterocycles. The Morgan fingerprint density at radius 1 is 1.11 bits per heavy atom. The molecule has 3 nitrogen and oxygen atoms in total. The molecule has 2 rings (SSSR count). The Labute approximate surface area is 108 Å². The Morgan fingerprint density at radius 3 is 2.50 bits per heavy atom. The van der Waals surface area contributed by atoms with E-state index in [2.05, 4.69) is 54.3 Å². The predicted octanol–water partition coefficient (Wildman–Crippen LogP) is 3.12. The maximum absolute atomic E-state index is 4.49. The third-order valence-electron chi connectivity index (χ3n) is 2.71. The first kappa shape index (κ1) is 12.6. The second kappa shape index (κ2) is 5.63. The third-order valence-corrected chi connectivity index (χ3v) is 2.71. The van der Waals surface area contributed by atoms with E-state index in [0.29, 0.717) is 0 Å². The largest absolute Gasteiger partial charge is 0.370 e. The molecule has 0 radical (unpaired) electrons. The molecular weight excluding hydrogens is 222 g/mol. The van der Waals surface area contributed by atoms with E-state index in [9.17, 15) is 0 Å². The van der Waals surface area contributed by atoms with Gasteiger partial charge in [0.15, 0.2) is 0 Å². The zero-order valence-corrected chi connectivity index (χ0v) is 11.2. The number of benzene rings is 1. The topological polar surface area (TPSA) is 37.8 Å². The number of anilines is 1. The highest BCUT2D eigenvalue weighted by atomic mass is 15.0. The van der Waals surface area contributed by atoms with Crippen LogP contribution in [0.5, 0.6) is 0 Å². The van der Waals surface area contributed by atoms with Crippen molar-refractivity contribution >= 4 is 5.82 Å². The first-order chi connectivity index (χ1) is 8.67. The van der Waals surface area contributed by atoms with Crippen molar-refractivity contribution in [2.45, 2.75) is 27.2 Å². The normalized spacial score (nSPS) is 10.4. The number of hydrogen-bond donors (Lipinski definition) is 1. The van der Waals surface area contributed by atoms with E-state index in [-0.39, 0.29) is 0 Å². The van der Waals surface area contributed by atoms with E-state index in [0.717, 1.165) is 24.6 Å². The molecule has 94 valence electrons. The van der Waals surface area contributed by atoms with Gasteiger partial charge in [-0.15, -0.1) is 0 Å². The zero-order valence-electron chi connectivity index (χ0n) is 11.2. The lowest BCUT2D eigenvalue weighted by atomic mass is 10.0. The summed E-state index contributed by atoms with van der Waals surface area (Å²) in [6, 6.07) is 8.46. The minimum atomic E-state index is 0.780. The van der Waals surface area contributed by atoms with Crippen molar-refractivity contribution < 1.29 is 0 Å². The van der Waals surface area contributed by atoms with Crippen molar-refractivity contribution in [2.24, 2.45) is 0 Å². The number of nitrogens with zero attached hydrogens (tertiary/aromatic N) is 2. The zero-order chi connectivity index (χ0) is 13.0. The molecular formula is C15H19N3. The van der Waals surface area contributed by atoms with Gasteiger partial charge in [0.25, 0.3) is 0 Å². The quantitative estimate of drug-likeness (QED) is 0.893. The average Bonchev–Trinajstić information content (AvgIpc) is 2.28. The molecule has 18 heavy (non-hydrogen) atoms. The molecule has 1 heterocycles. The van der Waals surface area contributed by atoms with Crippen LogP contribution in [0.25, 0.3) is 0 Å². The molecule has 0 aliphatic carbocycles. The predicted molar refractivity (Wildman–Crippen MR) is 74.9 cm³/mol. The van der Waals surface area contributed by atoms with Crippen molar-refractivity contribution in [1.82, 2.24) is 9.97 Å². The highest BCUT2D eigenvalue weighted by molar-refractivity contribution is 5.34. The smallest absolute Gasteiger partial charge is 0.135 e. The minimum absolute atomic E-state index is 0.780. The fourth-order valence-corrected chi connectivity index (χ4v) is 2.12. The van der Waals surface area contributed by atoms with Gasteiger partial charge in [-0.2, -0.15) is 0 Å². The van der Waals surface area contributed by atoms with Gasteiger partial charge in [0.1, 0.15) is 11.6 Å². The van der Waals surface area contributed by atoms with Crippen LogP contribution < -0.4 is 5.32 Å². The van der Waals surface area contributed by atoms with Crippen LogP contribution in [0.4, 0.5) is 5.82 Å². The van der Waals surface area contributed by atoms with E-state index in [4.69, 9.17) is 0 Å². The van der Waals surface area contributed by atoms with Crippen molar-refractivity contribution in [3.63, 3.8) is 0 Å². The average molecular weight is 241 g/mol. The van der Waals surface area contributed by atoms with Crippen LogP contribution in [0.1, 0.15) is 29.4 Å². The molecule has 1 aromatic carbocycles. The number of rotatable bonds is 4. The Kier molecular flexibility index (Phi) is 3.92. The summed E-state index contributed by atoms with van der Waals surface area (Å²) in [5, 5.41) is 3.21. The molecule has 2 aromatic rings. The molecule has 0 spiro atoms. The van der Waals surface area contributed by atoms with Crippen LogP contribution in [0.2, 0.25) is 0 Å². The van der Waals surface area contributed by atoms with Gasteiger partial charge >= 0.3 is 0 Å². The van der Waals surface area contributed by atoms with Crippen LogP contribution in [0, 0.1) is 13.8 Å². The second-order valence-corrected chi connectivity index (χ2v) is 4.56. The molecule has 0 aliphatic rings. The van der Waals surface area contributed by atoms with Gasteiger partial charge in [0.2, 0.25) is 0 Å². The molecule has 0 atom stereocenters. The molecule has 0 saturated carbocycles. The minimum Gasteiger partial charge on any atom is -0.370 e. The van der Waals surface area contributed by atoms with Gasteiger partial charge in [0, 0.05) is 19.2 Å². The Hall–Kier alpha value is -1.90. The van der Waals surface area contributed by atoms with Crippen molar-refractivity contribution in [3.05, 3.63) is 53.0 Å². The lowest BCUT2D eigenvalue weighted by Gasteiger charge is -2.06. The summed E-state index contributed by atoms with van der Waals surface area (Å²) in [5.74, 6) is 1.75. The highest BCUT2D eigenvalue weighted by Gasteiger charge is 2.02. The number of aryl methyl sites for hydroxylation is 2. The van der Waals surface area contributed by atoms with E-state index in [1.807, 2.05) is 12.3 Å². The summed E-state index contributed by atoms with van der Waals surface area (Å²) in [6.07, 6.45) is 2.59. The lowest BCUT2D eigenvalue weighted by Crippen LogP contribution is -2.03. The number of nitrogens with one attached hydrogen (secondary N) is 1. The Bertz CT molecular complexity index is 515. The molecule has 0 fully saturated rings. The van der Waals surface area contributed by atoms with Crippen LogP contribution in [-0.4, -0.2) is 16.5 Å². The Balaban J connectivity index is 2.20. The Morgan fingerprint density at radius 2 is 1.83 bits per heavy atom. The third kappa shape index (κ3) is 3.29. The molecule has 0 saturated heterocycles. The van der Waals surface area contributed by atoms with Gasteiger partial charge in [-0.05, 0) is 32.4 Å². The van der Waals surface area contributed by atoms with Gasteiger partial charge in [-0.1, -0.05) is 29.3 Å². The summed E-state index contributed by atoms with van der Waals surface area (Å²) >= 11 is 0. The van der Waals surface area contributed by atoms with Gasteiger partial charge in [-0.3, -0.25) is 0 Å². The van der Waals surface area contributed by atoms with Gasteiger partial charge in [-0.25, -0.2) is 9.97 Å². The molecule has 1 aromatic heterocycles. The SMILES string of the molecule is CCNc1ccnc(Cc2cc(C)cc(C)c2)n1. The fourth-order valence-electron chi connectivity index (χ4n) is 2.12. The molecule has 0 unspecified atom stereocenters. The lowest BCUT2D eigenvalue weighted by molar-refractivity contribution is 0.959. The monoisotopic (exact) mass is 241 g/mol. The maximum atomic E-state index is 4.49. The van der Waals surface area contributed by atoms with Crippen LogP contribution in [-0.2, 0) is 6.42 Å². The number of aromatic nitrogens is 2. The highest BCUT2D eigenvalue weighted by Crippen LogP contribution is 2.12. The van der Waals surface area contributed by atoms with E-state index in [1.54, 1.807) is 0 Å². The van der Waals surface area contributed by atoms with Crippen LogP contribution in [0.15, 0.2) is 30.5 Å². The fraction of sp³-hybridized carbons (Fsp3) is 0.333. The first-order valence-electron chi connectivity index (χ1n) is 6.30. The van der Waals surface area contributed by atoms with Crippen molar-refractivity contribution in [2.75, 3.05) is 11.9 Å². The molecule has 1 N–H and O–H groups in total. The van der Waals surface area contributed by atoms with Crippen LogP contribution >= 0.6 is 0 Å². The molecule has 0 amide bonds. The molecule has 3 heteroatoms. The van der Waals surface area contributed by atoms with Gasteiger partial charge in [0.05, 0.1) is 0 Å². The summed E-state index contributed by atoms with van der Waals surface area (Å²) in [6.45, 7) is 7.17. The van der Waals surface area contributed by atoms with Gasteiger partial charge < -0.3 is 5.32 Å². The number of hydrogen-bond acceptors (Lipinski definition) is 3. The summed E-state index contributed by atoms with van der Waals surface area (Å²) in [4.78, 5) is 8.82. The van der Waals surface area contributed by atoms with Crippen molar-refractivity contribution in [1.29, 1.82) is 0 Å². The maximum Gasteiger partial charge on any atom is 0.135 e. The van der Waals surface area contributed by atoms with E-state index in [1.165, 1.54) is 16.7 Å². The van der Waals surface area contributed by atoms with E-state index >= 15 is 0 Å². The summed E-state index contributed by atoms with van der Waals surface area (Å²) < 4.78 is 0.